The summed E-state index contributed by atoms with van der Waals surface area (Å²) in [6.07, 6.45) is 5.77. The molecule has 0 aromatic heterocycles. The molecular weight excluding hydrogens is 240 g/mol. The minimum Gasteiger partial charge on any atom is -0.481 e. The van der Waals surface area contributed by atoms with Crippen molar-refractivity contribution in [1.29, 1.82) is 0 Å². The van der Waals surface area contributed by atoms with Crippen LogP contribution in [0, 0.1) is 5.92 Å². The summed E-state index contributed by atoms with van der Waals surface area (Å²) in [5, 5.41) is 14.3. The first-order valence-corrected chi connectivity index (χ1v) is 6.89. The van der Waals surface area contributed by atoms with Crippen LogP contribution in [0.25, 0.3) is 0 Å². The summed E-state index contributed by atoms with van der Waals surface area (Å²) in [6, 6.07) is -0.324. The maximum atomic E-state index is 11.5. The molecule has 0 aliphatic heterocycles. The van der Waals surface area contributed by atoms with Gasteiger partial charge in [0.15, 0.2) is 0 Å². The molecule has 3 atom stereocenters. The smallest absolute Gasteiger partial charge is 0.315 e. The standard InChI is InChI=1S/C11H18N2O3S/c1-7(6-17-2)12-11(16)13-9-4-3-8(5-9)10(14)15/h3-4,7-9H,5-6H2,1-2H3,(H,14,15)(H2,12,13,16). The van der Waals surface area contributed by atoms with Crippen molar-refractivity contribution in [2.75, 3.05) is 12.0 Å². The van der Waals surface area contributed by atoms with Gasteiger partial charge in [0.2, 0.25) is 0 Å². The molecule has 0 heterocycles. The first-order chi connectivity index (χ1) is 8.02. The lowest BCUT2D eigenvalue weighted by atomic mass is 10.1. The molecule has 0 aromatic carbocycles. The molecule has 0 fully saturated rings. The molecular formula is C11H18N2O3S. The van der Waals surface area contributed by atoms with Gasteiger partial charge in [0.25, 0.3) is 0 Å². The molecule has 1 rings (SSSR count). The van der Waals surface area contributed by atoms with Crippen LogP contribution in [-0.4, -0.2) is 41.2 Å². The Hall–Kier alpha value is -1.17. The van der Waals surface area contributed by atoms with Gasteiger partial charge in [-0.25, -0.2) is 4.79 Å². The summed E-state index contributed by atoms with van der Waals surface area (Å²) in [5.74, 6) is -0.475. The molecule has 0 radical (unpaired) electrons. The van der Waals surface area contributed by atoms with Crippen molar-refractivity contribution in [3.05, 3.63) is 12.2 Å². The Balaban J connectivity index is 2.29. The minimum absolute atomic E-state index is 0.102. The Kier molecular flexibility index (Phi) is 5.34. The summed E-state index contributed by atoms with van der Waals surface area (Å²) in [4.78, 5) is 22.3. The van der Waals surface area contributed by atoms with E-state index in [0.717, 1.165) is 5.75 Å². The molecule has 1 aliphatic rings. The number of carbonyl (C=O) groups is 2. The van der Waals surface area contributed by atoms with Gasteiger partial charge in [0.1, 0.15) is 0 Å². The highest BCUT2D eigenvalue weighted by molar-refractivity contribution is 7.98. The molecule has 0 saturated carbocycles. The number of carboxylic acids is 1. The third-order valence-corrected chi connectivity index (χ3v) is 3.34. The van der Waals surface area contributed by atoms with E-state index in [1.165, 1.54) is 0 Å². The lowest BCUT2D eigenvalue weighted by molar-refractivity contribution is -0.140. The maximum absolute atomic E-state index is 11.5. The van der Waals surface area contributed by atoms with Crippen molar-refractivity contribution in [3.63, 3.8) is 0 Å². The monoisotopic (exact) mass is 258 g/mol. The Labute approximate surface area is 105 Å². The summed E-state index contributed by atoms with van der Waals surface area (Å²) in [7, 11) is 0. The van der Waals surface area contributed by atoms with E-state index in [1.807, 2.05) is 13.2 Å². The molecule has 5 nitrogen and oxygen atoms in total. The summed E-state index contributed by atoms with van der Waals surface area (Å²) in [5.41, 5.74) is 0. The van der Waals surface area contributed by atoms with Gasteiger partial charge < -0.3 is 15.7 Å². The second kappa shape index (κ2) is 6.54. The molecule has 1 aliphatic carbocycles. The molecule has 3 N–H and O–H groups in total. The highest BCUT2D eigenvalue weighted by Crippen LogP contribution is 2.17. The average Bonchev–Trinajstić information content (AvgIpc) is 2.66. The number of amides is 2. The molecule has 0 bridgehead atoms. The third-order valence-electron chi connectivity index (χ3n) is 2.51. The van der Waals surface area contributed by atoms with Crippen molar-refractivity contribution in [2.45, 2.75) is 25.4 Å². The number of nitrogens with one attached hydrogen (secondary N) is 2. The van der Waals surface area contributed by atoms with Gasteiger partial charge in [-0.15, -0.1) is 0 Å². The summed E-state index contributed by atoms with van der Waals surface area (Å²) in [6.45, 7) is 1.93. The van der Waals surface area contributed by atoms with Crippen LogP contribution in [0.1, 0.15) is 13.3 Å². The molecule has 0 aromatic rings. The van der Waals surface area contributed by atoms with Gasteiger partial charge in [-0.3, -0.25) is 4.79 Å². The van der Waals surface area contributed by atoms with Crippen LogP contribution in [0.4, 0.5) is 4.79 Å². The fourth-order valence-corrected chi connectivity index (χ4v) is 2.30. The highest BCUT2D eigenvalue weighted by atomic mass is 32.2. The van der Waals surface area contributed by atoms with E-state index in [-0.39, 0.29) is 18.1 Å². The molecule has 0 saturated heterocycles. The van der Waals surface area contributed by atoms with Crippen LogP contribution in [0.5, 0.6) is 0 Å². The van der Waals surface area contributed by atoms with Crippen LogP contribution in [-0.2, 0) is 4.79 Å². The number of hydrogen-bond donors (Lipinski definition) is 3. The minimum atomic E-state index is -0.846. The Morgan fingerprint density at radius 3 is 2.76 bits per heavy atom. The number of rotatable bonds is 5. The second-order valence-corrected chi connectivity index (χ2v) is 5.06. The molecule has 2 amide bonds. The van der Waals surface area contributed by atoms with Crippen LogP contribution < -0.4 is 10.6 Å². The van der Waals surface area contributed by atoms with E-state index < -0.39 is 11.9 Å². The Morgan fingerprint density at radius 2 is 2.24 bits per heavy atom. The number of urea groups is 1. The predicted octanol–water partition coefficient (Wildman–Crippen LogP) is 1.07. The summed E-state index contributed by atoms with van der Waals surface area (Å²) < 4.78 is 0. The van der Waals surface area contributed by atoms with Gasteiger partial charge in [0.05, 0.1) is 12.0 Å². The van der Waals surface area contributed by atoms with Crippen LogP contribution >= 0.6 is 11.8 Å². The number of aliphatic carboxylic acids is 1. The number of carbonyl (C=O) groups excluding carboxylic acids is 1. The van der Waals surface area contributed by atoms with Crippen molar-refractivity contribution in [1.82, 2.24) is 10.6 Å². The van der Waals surface area contributed by atoms with Crippen molar-refractivity contribution >= 4 is 23.8 Å². The normalized spacial score (nSPS) is 24.4. The third kappa shape index (κ3) is 4.68. The van der Waals surface area contributed by atoms with Crippen molar-refractivity contribution in [2.24, 2.45) is 5.92 Å². The largest absolute Gasteiger partial charge is 0.481 e. The topological polar surface area (TPSA) is 78.4 Å². The molecule has 3 unspecified atom stereocenters. The lowest BCUT2D eigenvalue weighted by Crippen LogP contribution is -2.45. The Bertz CT molecular complexity index is 320. The highest BCUT2D eigenvalue weighted by Gasteiger charge is 2.25. The maximum Gasteiger partial charge on any atom is 0.315 e. The number of hydrogen-bond acceptors (Lipinski definition) is 3. The van der Waals surface area contributed by atoms with E-state index in [9.17, 15) is 9.59 Å². The molecule has 17 heavy (non-hydrogen) atoms. The quantitative estimate of drug-likeness (QED) is 0.644. The second-order valence-electron chi connectivity index (χ2n) is 4.15. The van der Waals surface area contributed by atoms with E-state index >= 15 is 0 Å². The van der Waals surface area contributed by atoms with E-state index in [2.05, 4.69) is 10.6 Å². The van der Waals surface area contributed by atoms with Gasteiger partial charge >= 0.3 is 12.0 Å². The van der Waals surface area contributed by atoms with Gasteiger partial charge in [-0.05, 0) is 19.6 Å². The van der Waals surface area contributed by atoms with E-state index in [4.69, 9.17) is 5.11 Å². The molecule has 6 heteroatoms. The zero-order chi connectivity index (χ0) is 12.8. The summed E-state index contributed by atoms with van der Waals surface area (Å²) >= 11 is 1.66. The Morgan fingerprint density at radius 1 is 1.53 bits per heavy atom. The van der Waals surface area contributed by atoms with Crippen molar-refractivity contribution in [3.8, 4) is 0 Å². The zero-order valence-corrected chi connectivity index (χ0v) is 10.8. The predicted molar refractivity (Wildman–Crippen MR) is 68.2 cm³/mol. The van der Waals surface area contributed by atoms with Crippen LogP contribution in [0.15, 0.2) is 12.2 Å². The lowest BCUT2D eigenvalue weighted by Gasteiger charge is -2.16. The average molecular weight is 258 g/mol. The first kappa shape index (κ1) is 13.9. The SMILES string of the molecule is CSCC(C)NC(=O)NC1C=CC(C(=O)O)C1. The van der Waals surface area contributed by atoms with Crippen LogP contribution in [0.2, 0.25) is 0 Å². The van der Waals surface area contributed by atoms with E-state index in [0.29, 0.717) is 6.42 Å². The zero-order valence-electron chi connectivity index (χ0n) is 9.97. The molecule has 96 valence electrons. The fraction of sp³-hybridized carbons (Fsp3) is 0.636. The van der Waals surface area contributed by atoms with E-state index in [1.54, 1.807) is 23.9 Å². The van der Waals surface area contributed by atoms with Crippen LogP contribution in [0.3, 0.4) is 0 Å². The molecule has 0 spiro atoms. The van der Waals surface area contributed by atoms with Gasteiger partial charge in [-0.1, -0.05) is 12.2 Å². The first-order valence-electron chi connectivity index (χ1n) is 5.50. The van der Waals surface area contributed by atoms with Gasteiger partial charge in [-0.2, -0.15) is 11.8 Å². The van der Waals surface area contributed by atoms with Gasteiger partial charge in [0, 0.05) is 11.8 Å². The van der Waals surface area contributed by atoms with Crippen molar-refractivity contribution < 1.29 is 14.7 Å². The number of carboxylic acid groups (broad SMARTS) is 1. The number of thioether (sulfide) groups is 1. The fourth-order valence-electron chi connectivity index (χ4n) is 1.71.